The van der Waals surface area contributed by atoms with Gasteiger partial charge >= 0.3 is 5.97 Å². The molecule has 15 heavy (non-hydrogen) atoms. The zero-order chi connectivity index (χ0) is 11.1. The van der Waals surface area contributed by atoms with Gasteiger partial charge in [-0.3, -0.25) is 4.79 Å². The molecule has 0 N–H and O–H groups in total. The molecule has 0 aromatic rings. The Morgan fingerprint density at radius 1 is 1.20 bits per heavy atom. The van der Waals surface area contributed by atoms with Gasteiger partial charge in [-0.1, -0.05) is 32.1 Å². The van der Waals surface area contributed by atoms with Gasteiger partial charge in [0.05, 0.1) is 7.11 Å². The van der Waals surface area contributed by atoms with E-state index in [1.54, 1.807) is 0 Å². The lowest BCUT2D eigenvalue weighted by atomic mass is 9.82. The Labute approximate surface area is 91.2 Å². The Balaban J connectivity index is 2.55. The number of rotatable bonds is 3. The van der Waals surface area contributed by atoms with Crippen molar-refractivity contribution in [2.45, 2.75) is 44.9 Å². The number of aldehydes is 1. The maximum Gasteiger partial charge on any atom is 0.316 e. The van der Waals surface area contributed by atoms with E-state index in [9.17, 15) is 9.59 Å². The summed E-state index contributed by atoms with van der Waals surface area (Å²) in [6, 6.07) is 0. The number of carbonyl (C=O) groups excluding carboxylic acids is 2. The number of methoxy groups -OCH3 is 1. The minimum Gasteiger partial charge on any atom is -0.468 e. The highest BCUT2D eigenvalue weighted by molar-refractivity contribution is 5.87. The molecule has 1 atom stereocenters. The standard InChI is InChI=1S/C12H20O3/c1-15-12(14)11(9-13)10-7-5-3-2-4-6-8-10/h9-11H,2-8H2,1H3. The number of carbonyl (C=O) groups is 2. The molecule has 3 nitrogen and oxygen atoms in total. The van der Waals surface area contributed by atoms with Crippen LogP contribution < -0.4 is 0 Å². The third-order valence-electron chi connectivity index (χ3n) is 3.28. The second-order valence-electron chi connectivity index (χ2n) is 4.29. The second-order valence-corrected chi connectivity index (χ2v) is 4.29. The van der Waals surface area contributed by atoms with Crippen LogP contribution in [0.2, 0.25) is 0 Å². The third-order valence-corrected chi connectivity index (χ3v) is 3.28. The van der Waals surface area contributed by atoms with Crippen molar-refractivity contribution in [3.63, 3.8) is 0 Å². The fourth-order valence-electron chi connectivity index (χ4n) is 2.34. The molecule has 0 radical (unpaired) electrons. The molecule has 0 heterocycles. The average molecular weight is 212 g/mol. The highest BCUT2D eigenvalue weighted by atomic mass is 16.5. The second kappa shape index (κ2) is 6.59. The van der Waals surface area contributed by atoms with Gasteiger partial charge in [0, 0.05) is 0 Å². The molecule has 3 heteroatoms. The Bertz CT molecular complexity index is 205. The van der Waals surface area contributed by atoms with Crippen molar-refractivity contribution in [2.75, 3.05) is 7.11 Å². The number of hydrogen-bond donors (Lipinski definition) is 0. The van der Waals surface area contributed by atoms with E-state index in [4.69, 9.17) is 0 Å². The van der Waals surface area contributed by atoms with E-state index in [2.05, 4.69) is 4.74 Å². The molecular weight excluding hydrogens is 192 g/mol. The van der Waals surface area contributed by atoms with Crippen LogP contribution in [-0.4, -0.2) is 19.4 Å². The van der Waals surface area contributed by atoms with Crippen molar-refractivity contribution in [1.82, 2.24) is 0 Å². The SMILES string of the molecule is COC(=O)C(C=O)C1CCCCCCC1. The van der Waals surface area contributed by atoms with Crippen molar-refractivity contribution in [3.05, 3.63) is 0 Å². The molecule has 0 aromatic carbocycles. The van der Waals surface area contributed by atoms with Gasteiger partial charge in [-0.2, -0.15) is 0 Å². The fraction of sp³-hybridized carbons (Fsp3) is 0.833. The first-order valence-electron chi connectivity index (χ1n) is 5.82. The maximum atomic E-state index is 11.4. The van der Waals surface area contributed by atoms with Crippen LogP contribution >= 0.6 is 0 Å². The molecule has 1 aliphatic carbocycles. The van der Waals surface area contributed by atoms with Crippen LogP contribution in [-0.2, 0) is 14.3 Å². The van der Waals surface area contributed by atoms with Gasteiger partial charge in [-0.25, -0.2) is 0 Å². The Hall–Kier alpha value is -0.860. The van der Waals surface area contributed by atoms with Gasteiger partial charge in [0.15, 0.2) is 0 Å². The van der Waals surface area contributed by atoms with Crippen LogP contribution in [0.4, 0.5) is 0 Å². The normalized spacial score (nSPS) is 21.1. The van der Waals surface area contributed by atoms with Gasteiger partial charge < -0.3 is 9.53 Å². The van der Waals surface area contributed by atoms with Crippen LogP contribution in [0.5, 0.6) is 0 Å². The maximum absolute atomic E-state index is 11.4. The summed E-state index contributed by atoms with van der Waals surface area (Å²) < 4.78 is 4.66. The zero-order valence-electron chi connectivity index (χ0n) is 9.41. The highest BCUT2D eigenvalue weighted by Crippen LogP contribution is 2.28. The summed E-state index contributed by atoms with van der Waals surface area (Å²) in [5, 5.41) is 0. The predicted molar refractivity (Wildman–Crippen MR) is 57.4 cm³/mol. The van der Waals surface area contributed by atoms with Gasteiger partial charge in [0.1, 0.15) is 12.2 Å². The molecule has 0 saturated heterocycles. The van der Waals surface area contributed by atoms with Gasteiger partial charge in [-0.05, 0) is 18.8 Å². The summed E-state index contributed by atoms with van der Waals surface area (Å²) >= 11 is 0. The largest absolute Gasteiger partial charge is 0.468 e. The summed E-state index contributed by atoms with van der Waals surface area (Å²) in [5.74, 6) is -0.695. The average Bonchev–Trinajstić information content (AvgIpc) is 2.21. The van der Waals surface area contributed by atoms with Crippen molar-refractivity contribution < 1.29 is 14.3 Å². The van der Waals surface area contributed by atoms with E-state index in [1.165, 1.54) is 26.4 Å². The molecule has 1 fully saturated rings. The van der Waals surface area contributed by atoms with Gasteiger partial charge in [-0.15, -0.1) is 0 Å². The van der Waals surface area contributed by atoms with E-state index in [0.717, 1.165) is 32.0 Å². The lowest BCUT2D eigenvalue weighted by Crippen LogP contribution is -2.27. The molecule has 0 spiro atoms. The molecule has 0 bridgehead atoms. The lowest BCUT2D eigenvalue weighted by molar-refractivity contribution is -0.149. The van der Waals surface area contributed by atoms with Crippen molar-refractivity contribution in [3.8, 4) is 0 Å². The van der Waals surface area contributed by atoms with Crippen molar-refractivity contribution in [1.29, 1.82) is 0 Å². The van der Waals surface area contributed by atoms with E-state index in [-0.39, 0.29) is 11.9 Å². The van der Waals surface area contributed by atoms with Crippen molar-refractivity contribution >= 4 is 12.3 Å². The van der Waals surface area contributed by atoms with Crippen molar-refractivity contribution in [2.24, 2.45) is 11.8 Å². The molecular formula is C12H20O3. The van der Waals surface area contributed by atoms with Crippen LogP contribution in [0.15, 0.2) is 0 Å². The first kappa shape index (κ1) is 12.2. The Morgan fingerprint density at radius 3 is 2.20 bits per heavy atom. The van der Waals surface area contributed by atoms with E-state index in [1.807, 2.05) is 0 Å². The molecule has 1 saturated carbocycles. The summed E-state index contributed by atoms with van der Waals surface area (Å²) in [5.41, 5.74) is 0. The first-order valence-corrected chi connectivity index (χ1v) is 5.82. The monoisotopic (exact) mass is 212 g/mol. The van der Waals surface area contributed by atoms with E-state index >= 15 is 0 Å². The molecule has 1 unspecified atom stereocenters. The molecule has 0 amide bonds. The zero-order valence-corrected chi connectivity index (χ0v) is 9.41. The van der Waals surface area contributed by atoms with Crippen LogP contribution in [0.1, 0.15) is 44.9 Å². The van der Waals surface area contributed by atoms with Gasteiger partial charge in [0.2, 0.25) is 0 Å². The molecule has 1 aliphatic rings. The number of hydrogen-bond acceptors (Lipinski definition) is 3. The molecule has 86 valence electrons. The predicted octanol–water partition coefficient (Wildman–Crippen LogP) is 2.33. The Morgan fingerprint density at radius 2 is 1.73 bits per heavy atom. The summed E-state index contributed by atoms with van der Waals surface area (Å²) in [6.07, 6.45) is 8.73. The van der Waals surface area contributed by atoms with Gasteiger partial charge in [0.25, 0.3) is 0 Å². The highest BCUT2D eigenvalue weighted by Gasteiger charge is 2.28. The minimum atomic E-state index is -0.534. The van der Waals surface area contributed by atoms with E-state index in [0.29, 0.717) is 0 Å². The summed E-state index contributed by atoms with van der Waals surface area (Å²) in [4.78, 5) is 22.3. The fourth-order valence-corrected chi connectivity index (χ4v) is 2.34. The molecule has 0 aliphatic heterocycles. The molecule has 1 rings (SSSR count). The van der Waals surface area contributed by atoms with Crippen LogP contribution in [0.3, 0.4) is 0 Å². The smallest absolute Gasteiger partial charge is 0.316 e. The Kier molecular flexibility index (Phi) is 5.37. The summed E-state index contributed by atoms with van der Waals surface area (Å²) in [7, 11) is 1.35. The quantitative estimate of drug-likeness (QED) is 0.409. The minimum absolute atomic E-state index is 0.204. The van der Waals surface area contributed by atoms with Crippen LogP contribution in [0, 0.1) is 11.8 Å². The van der Waals surface area contributed by atoms with Crippen LogP contribution in [0.25, 0.3) is 0 Å². The first-order chi connectivity index (χ1) is 7.29. The summed E-state index contributed by atoms with van der Waals surface area (Å²) in [6.45, 7) is 0. The topological polar surface area (TPSA) is 43.4 Å². The lowest BCUT2D eigenvalue weighted by Gasteiger charge is -2.22. The number of esters is 1. The van der Waals surface area contributed by atoms with E-state index < -0.39 is 5.92 Å². The molecule has 0 aromatic heterocycles. The number of ether oxygens (including phenoxy) is 1. The third kappa shape index (κ3) is 3.65.